The first-order chi connectivity index (χ1) is 6.70. The number of isocyanates is 2. The first kappa shape index (κ1) is 10.1. The first-order valence-electron chi connectivity index (χ1n) is 3.90. The first-order valence-corrected chi connectivity index (χ1v) is 3.90. The highest BCUT2D eigenvalue weighted by atomic mass is 16.1. The molecule has 0 bridgehead atoms. The van der Waals surface area contributed by atoms with E-state index in [4.69, 9.17) is 0 Å². The van der Waals surface area contributed by atoms with Gasteiger partial charge in [-0.15, -0.1) is 0 Å². The molecule has 2 atom stereocenters. The Morgan fingerprint density at radius 3 is 2.43 bits per heavy atom. The highest BCUT2D eigenvalue weighted by Gasteiger charge is 2.24. The Bertz CT molecular complexity index is 396. The number of hydrogen-bond donors (Lipinski definition) is 0. The molecule has 70 valence electrons. The van der Waals surface area contributed by atoms with Crippen molar-refractivity contribution >= 4 is 12.2 Å². The Labute approximate surface area is 81.1 Å². The number of hydrogen-bond acceptors (Lipinski definition) is 4. The molecule has 0 aromatic carbocycles. The zero-order chi connectivity index (χ0) is 10.6. The molecule has 0 radical (unpaired) electrons. The van der Waals surface area contributed by atoms with Crippen molar-refractivity contribution < 1.29 is 9.59 Å². The van der Waals surface area contributed by atoms with Gasteiger partial charge < -0.3 is 0 Å². The molecule has 1 rings (SSSR count). The highest BCUT2D eigenvalue weighted by molar-refractivity contribution is 5.48. The van der Waals surface area contributed by atoms with Crippen molar-refractivity contribution in [3.63, 3.8) is 0 Å². The standard InChI is InChI=1S/C10H8N2O2/c1-7-3-4-9(11-5-13)8(2)10(7)12-6-14/h3-4,9-10H,1-2H2. The zero-order valence-corrected chi connectivity index (χ0v) is 7.43. The van der Waals surface area contributed by atoms with Crippen LogP contribution in [0.25, 0.3) is 0 Å². The number of rotatable bonds is 2. The summed E-state index contributed by atoms with van der Waals surface area (Å²) < 4.78 is 0. The summed E-state index contributed by atoms with van der Waals surface area (Å²) in [6, 6.07) is -1.00. The van der Waals surface area contributed by atoms with Crippen molar-refractivity contribution in [1.82, 2.24) is 0 Å². The van der Waals surface area contributed by atoms with Crippen LogP contribution in [-0.2, 0) is 9.59 Å². The second-order valence-corrected chi connectivity index (χ2v) is 2.80. The molecular weight excluding hydrogens is 180 g/mol. The maximum atomic E-state index is 10.1. The molecule has 0 N–H and O–H groups in total. The average molecular weight is 188 g/mol. The fraction of sp³-hybridized carbons (Fsp3) is 0.200. The van der Waals surface area contributed by atoms with Crippen LogP contribution >= 0.6 is 0 Å². The van der Waals surface area contributed by atoms with Crippen molar-refractivity contribution in [2.24, 2.45) is 9.98 Å². The molecular formula is C10H8N2O2. The lowest BCUT2D eigenvalue weighted by Gasteiger charge is -2.21. The third-order valence-corrected chi connectivity index (χ3v) is 1.95. The molecule has 0 aromatic heterocycles. The molecule has 0 heterocycles. The normalized spacial score (nSPS) is 25.1. The van der Waals surface area contributed by atoms with E-state index in [0.29, 0.717) is 11.1 Å². The zero-order valence-electron chi connectivity index (χ0n) is 7.43. The summed E-state index contributed by atoms with van der Waals surface area (Å²) in [5.74, 6) is 0. The Morgan fingerprint density at radius 1 is 1.21 bits per heavy atom. The summed E-state index contributed by atoms with van der Waals surface area (Å²) in [4.78, 5) is 27.2. The van der Waals surface area contributed by atoms with Crippen LogP contribution in [0, 0.1) is 0 Å². The molecule has 0 amide bonds. The molecule has 1 aliphatic carbocycles. The molecule has 14 heavy (non-hydrogen) atoms. The number of aliphatic imine (C=N–C) groups is 2. The fourth-order valence-electron chi connectivity index (χ4n) is 1.23. The van der Waals surface area contributed by atoms with Gasteiger partial charge in [-0.25, -0.2) is 9.59 Å². The summed E-state index contributed by atoms with van der Waals surface area (Å²) in [5, 5.41) is 0. The van der Waals surface area contributed by atoms with Crippen LogP contribution in [-0.4, -0.2) is 24.2 Å². The lowest BCUT2D eigenvalue weighted by atomic mass is 9.90. The Kier molecular flexibility index (Phi) is 3.08. The van der Waals surface area contributed by atoms with E-state index in [9.17, 15) is 9.59 Å². The topological polar surface area (TPSA) is 58.9 Å². The van der Waals surface area contributed by atoms with Gasteiger partial charge in [0, 0.05) is 0 Å². The van der Waals surface area contributed by atoms with Crippen LogP contribution in [0.5, 0.6) is 0 Å². The predicted octanol–water partition coefficient (Wildman–Crippen LogP) is 1.08. The second kappa shape index (κ2) is 4.28. The van der Waals surface area contributed by atoms with E-state index >= 15 is 0 Å². The Balaban J connectivity index is 3.06. The average Bonchev–Trinajstić information content (AvgIpc) is 2.17. The predicted molar refractivity (Wildman–Crippen MR) is 51.2 cm³/mol. The summed E-state index contributed by atoms with van der Waals surface area (Å²) in [7, 11) is 0. The Morgan fingerprint density at radius 2 is 1.86 bits per heavy atom. The van der Waals surface area contributed by atoms with Crippen LogP contribution in [0.4, 0.5) is 0 Å². The SMILES string of the molecule is C=C1C=CC(N=C=O)C(=C)C1N=C=O. The summed E-state index contributed by atoms with van der Waals surface area (Å²) in [6.07, 6.45) is 6.20. The molecule has 0 saturated carbocycles. The number of carbonyl (C=O) groups excluding carboxylic acids is 2. The van der Waals surface area contributed by atoms with Crippen LogP contribution in [0.15, 0.2) is 46.4 Å². The molecule has 4 nitrogen and oxygen atoms in total. The molecule has 4 heteroatoms. The van der Waals surface area contributed by atoms with Gasteiger partial charge in [0.25, 0.3) is 0 Å². The van der Waals surface area contributed by atoms with E-state index in [2.05, 4.69) is 23.1 Å². The molecule has 0 saturated heterocycles. The quantitative estimate of drug-likeness (QED) is 0.370. The Hall–Kier alpha value is -2.02. The third kappa shape index (κ3) is 1.83. The van der Waals surface area contributed by atoms with Gasteiger partial charge >= 0.3 is 0 Å². The summed E-state index contributed by atoms with van der Waals surface area (Å²) in [6.45, 7) is 7.41. The molecule has 0 aromatic rings. The van der Waals surface area contributed by atoms with Crippen molar-refractivity contribution in [1.29, 1.82) is 0 Å². The van der Waals surface area contributed by atoms with Gasteiger partial charge in [-0.2, -0.15) is 9.98 Å². The van der Waals surface area contributed by atoms with Gasteiger partial charge in [-0.3, -0.25) is 0 Å². The third-order valence-electron chi connectivity index (χ3n) is 1.95. The maximum Gasteiger partial charge on any atom is 0.235 e. The van der Waals surface area contributed by atoms with Crippen molar-refractivity contribution in [3.05, 3.63) is 36.5 Å². The summed E-state index contributed by atoms with van der Waals surface area (Å²) in [5.41, 5.74) is 1.17. The molecule has 0 aliphatic heterocycles. The van der Waals surface area contributed by atoms with Crippen LogP contribution in [0.3, 0.4) is 0 Å². The highest BCUT2D eigenvalue weighted by Crippen LogP contribution is 2.25. The largest absolute Gasteiger partial charge is 0.235 e. The molecule has 2 unspecified atom stereocenters. The van der Waals surface area contributed by atoms with E-state index < -0.39 is 12.1 Å². The lowest BCUT2D eigenvalue weighted by molar-refractivity contribution is 0.559. The minimum atomic E-state index is -0.528. The van der Waals surface area contributed by atoms with Gasteiger partial charge in [0.05, 0.1) is 0 Å². The van der Waals surface area contributed by atoms with E-state index in [-0.39, 0.29) is 0 Å². The minimum absolute atomic E-state index is 0.472. The van der Waals surface area contributed by atoms with Crippen molar-refractivity contribution in [2.45, 2.75) is 12.1 Å². The van der Waals surface area contributed by atoms with Gasteiger partial charge in [0.1, 0.15) is 12.1 Å². The fourth-order valence-corrected chi connectivity index (χ4v) is 1.23. The second-order valence-electron chi connectivity index (χ2n) is 2.80. The maximum absolute atomic E-state index is 10.1. The van der Waals surface area contributed by atoms with E-state index in [1.54, 1.807) is 12.2 Å². The monoisotopic (exact) mass is 188 g/mol. The smallest absolute Gasteiger partial charge is 0.211 e. The van der Waals surface area contributed by atoms with Crippen LogP contribution < -0.4 is 0 Å². The van der Waals surface area contributed by atoms with Gasteiger partial charge in [-0.1, -0.05) is 25.3 Å². The minimum Gasteiger partial charge on any atom is -0.211 e. The van der Waals surface area contributed by atoms with E-state index in [1.807, 2.05) is 0 Å². The number of nitrogens with zero attached hydrogens (tertiary/aromatic N) is 2. The lowest BCUT2D eigenvalue weighted by Crippen LogP contribution is -2.22. The van der Waals surface area contributed by atoms with Gasteiger partial charge in [0.15, 0.2) is 0 Å². The van der Waals surface area contributed by atoms with Crippen molar-refractivity contribution in [3.8, 4) is 0 Å². The van der Waals surface area contributed by atoms with Crippen LogP contribution in [0.2, 0.25) is 0 Å². The van der Waals surface area contributed by atoms with E-state index in [1.165, 1.54) is 12.2 Å². The molecule has 0 fully saturated rings. The van der Waals surface area contributed by atoms with Crippen molar-refractivity contribution in [2.75, 3.05) is 0 Å². The van der Waals surface area contributed by atoms with E-state index in [0.717, 1.165) is 0 Å². The van der Waals surface area contributed by atoms with Gasteiger partial charge in [-0.05, 0) is 11.1 Å². The summed E-state index contributed by atoms with van der Waals surface area (Å²) >= 11 is 0. The van der Waals surface area contributed by atoms with Crippen LogP contribution in [0.1, 0.15) is 0 Å². The molecule has 1 aliphatic rings. The van der Waals surface area contributed by atoms with Gasteiger partial charge in [0.2, 0.25) is 12.2 Å². The molecule has 0 spiro atoms.